The highest BCUT2D eigenvalue weighted by molar-refractivity contribution is 5.54. The molecular weight excluding hydrogens is 236 g/mol. The lowest BCUT2D eigenvalue weighted by atomic mass is 10.1. The zero-order valence-electron chi connectivity index (χ0n) is 12.4. The van der Waals surface area contributed by atoms with E-state index in [2.05, 4.69) is 55.3 Å². The molecule has 1 N–H and O–H groups in total. The molecule has 0 aliphatic carbocycles. The highest BCUT2D eigenvalue weighted by Gasteiger charge is 2.23. The second-order valence-corrected chi connectivity index (χ2v) is 5.49. The third kappa shape index (κ3) is 3.71. The van der Waals surface area contributed by atoms with Crippen LogP contribution in [0.15, 0.2) is 24.3 Å². The van der Waals surface area contributed by atoms with Crippen molar-refractivity contribution in [2.24, 2.45) is 0 Å². The largest absolute Gasteiger partial charge is 0.377 e. The Morgan fingerprint density at radius 2 is 2.16 bits per heavy atom. The first-order chi connectivity index (χ1) is 9.22. The van der Waals surface area contributed by atoms with E-state index in [1.54, 1.807) is 0 Å². The highest BCUT2D eigenvalue weighted by Crippen LogP contribution is 2.25. The van der Waals surface area contributed by atoms with Gasteiger partial charge in [0.15, 0.2) is 0 Å². The van der Waals surface area contributed by atoms with E-state index in [0.29, 0.717) is 12.1 Å². The van der Waals surface area contributed by atoms with E-state index >= 15 is 0 Å². The van der Waals surface area contributed by atoms with Gasteiger partial charge in [-0.3, -0.25) is 0 Å². The molecule has 2 rings (SSSR count). The van der Waals surface area contributed by atoms with E-state index in [0.717, 1.165) is 32.7 Å². The molecule has 1 aliphatic rings. The number of nitrogens with zero attached hydrogens (tertiary/aromatic N) is 1. The summed E-state index contributed by atoms with van der Waals surface area (Å²) in [6, 6.07) is 9.75. The Morgan fingerprint density at radius 1 is 1.37 bits per heavy atom. The summed E-state index contributed by atoms with van der Waals surface area (Å²) in [6.45, 7) is 10.2. The van der Waals surface area contributed by atoms with Crippen LogP contribution in [-0.2, 0) is 11.3 Å². The van der Waals surface area contributed by atoms with E-state index in [9.17, 15) is 0 Å². The molecule has 1 atom stereocenters. The van der Waals surface area contributed by atoms with Crippen molar-refractivity contribution in [3.63, 3.8) is 0 Å². The highest BCUT2D eigenvalue weighted by atomic mass is 16.5. The Kier molecular flexibility index (Phi) is 5.23. The predicted octanol–water partition coefficient (Wildman–Crippen LogP) is 2.80. The zero-order chi connectivity index (χ0) is 13.7. The topological polar surface area (TPSA) is 24.5 Å². The first kappa shape index (κ1) is 14.4. The smallest absolute Gasteiger partial charge is 0.0670 e. The van der Waals surface area contributed by atoms with Gasteiger partial charge in [0.05, 0.1) is 19.3 Å². The van der Waals surface area contributed by atoms with Crippen molar-refractivity contribution in [1.82, 2.24) is 5.32 Å². The van der Waals surface area contributed by atoms with Crippen LogP contribution < -0.4 is 10.2 Å². The Bertz CT molecular complexity index is 392. The Hall–Kier alpha value is -1.06. The Balaban J connectivity index is 2.17. The molecule has 1 heterocycles. The minimum Gasteiger partial charge on any atom is -0.377 e. The number of rotatable bonds is 5. The van der Waals surface area contributed by atoms with E-state index < -0.39 is 0 Å². The molecule has 3 heteroatoms. The average Bonchev–Trinajstić information content (AvgIpc) is 2.45. The van der Waals surface area contributed by atoms with Gasteiger partial charge >= 0.3 is 0 Å². The number of morpholine rings is 1. The van der Waals surface area contributed by atoms with E-state index in [-0.39, 0.29) is 0 Å². The van der Waals surface area contributed by atoms with Gasteiger partial charge < -0.3 is 15.0 Å². The van der Waals surface area contributed by atoms with Crippen LogP contribution in [0, 0.1) is 0 Å². The fourth-order valence-electron chi connectivity index (χ4n) is 2.56. The monoisotopic (exact) mass is 262 g/mol. The summed E-state index contributed by atoms with van der Waals surface area (Å²) < 4.78 is 5.61. The third-order valence-corrected chi connectivity index (χ3v) is 3.70. The summed E-state index contributed by atoms with van der Waals surface area (Å²) in [5, 5.41) is 3.52. The fourth-order valence-corrected chi connectivity index (χ4v) is 2.56. The molecule has 0 radical (unpaired) electrons. The molecular formula is C16H26N2O. The molecule has 0 bridgehead atoms. The Labute approximate surface area is 116 Å². The lowest BCUT2D eigenvalue weighted by Gasteiger charge is -2.38. The first-order valence-electron chi connectivity index (χ1n) is 7.38. The van der Waals surface area contributed by atoms with Gasteiger partial charge in [-0.1, -0.05) is 39.0 Å². The third-order valence-electron chi connectivity index (χ3n) is 3.70. The van der Waals surface area contributed by atoms with Crippen LogP contribution in [0.5, 0.6) is 0 Å². The maximum Gasteiger partial charge on any atom is 0.0670 e. The molecule has 0 saturated carbocycles. The van der Waals surface area contributed by atoms with Crippen molar-refractivity contribution in [3.05, 3.63) is 29.8 Å². The molecule has 1 aliphatic heterocycles. The molecule has 1 aromatic rings. The van der Waals surface area contributed by atoms with E-state index in [1.165, 1.54) is 11.3 Å². The molecule has 0 spiro atoms. The van der Waals surface area contributed by atoms with E-state index in [4.69, 9.17) is 4.74 Å². The normalized spacial score (nSPS) is 20.0. The van der Waals surface area contributed by atoms with Crippen LogP contribution in [0.3, 0.4) is 0 Å². The molecule has 19 heavy (non-hydrogen) atoms. The summed E-state index contributed by atoms with van der Waals surface area (Å²) >= 11 is 0. The van der Waals surface area contributed by atoms with Crippen LogP contribution in [0.4, 0.5) is 5.69 Å². The molecule has 1 unspecified atom stereocenters. The van der Waals surface area contributed by atoms with Crippen molar-refractivity contribution >= 4 is 5.69 Å². The summed E-state index contributed by atoms with van der Waals surface area (Å²) in [5.41, 5.74) is 2.75. The van der Waals surface area contributed by atoms with Crippen molar-refractivity contribution in [2.75, 3.05) is 24.7 Å². The van der Waals surface area contributed by atoms with Gasteiger partial charge in [0, 0.05) is 24.8 Å². The second kappa shape index (κ2) is 6.92. The van der Waals surface area contributed by atoms with Gasteiger partial charge in [-0.25, -0.2) is 0 Å². The summed E-state index contributed by atoms with van der Waals surface area (Å²) in [5.74, 6) is 0. The van der Waals surface area contributed by atoms with Crippen molar-refractivity contribution in [3.8, 4) is 0 Å². The molecule has 1 aromatic carbocycles. The number of para-hydroxylation sites is 1. The van der Waals surface area contributed by atoms with Gasteiger partial charge in [0.2, 0.25) is 0 Å². The summed E-state index contributed by atoms with van der Waals surface area (Å²) in [7, 11) is 0. The maximum absolute atomic E-state index is 5.61. The minimum absolute atomic E-state index is 0.508. The van der Waals surface area contributed by atoms with Gasteiger partial charge in [-0.2, -0.15) is 0 Å². The van der Waals surface area contributed by atoms with Gasteiger partial charge in [0.1, 0.15) is 0 Å². The van der Waals surface area contributed by atoms with Crippen molar-refractivity contribution in [2.45, 2.75) is 45.8 Å². The van der Waals surface area contributed by atoms with Gasteiger partial charge in [0.25, 0.3) is 0 Å². The van der Waals surface area contributed by atoms with Crippen LogP contribution in [0.25, 0.3) is 0 Å². The van der Waals surface area contributed by atoms with Crippen LogP contribution in [0.1, 0.15) is 32.8 Å². The average molecular weight is 262 g/mol. The van der Waals surface area contributed by atoms with E-state index in [1.807, 2.05) is 0 Å². The van der Waals surface area contributed by atoms with Crippen LogP contribution >= 0.6 is 0 Å². The minimum atomic E-state index is 0.508. The number of ether oxygens (including phenoxy) is 1. The molecule has 3 nitrogen and oxygen atoms in total. The molecule has 0 aromatic heterocycles. The van der Waals surface area contributed by atoms with Gasteiger partial charge in [-0.05, 0) is 18.1 Å². The number of benzene rings is 1. The maximum atomic E-state index is 5.61. The Morgan fingerprint density at radius 3 is 2.89 bits per heavy atom. The quantitative estimate of drug-likeness (QED) is 0.883. The fraction of sp³-hybridized carbons (Fsp3) is 0.625. The van der Waals surface area contributed by atoms with Crippen molar-refractivity contribution < 1.29 is 4.74 Å². The molecule has 0 amide bonds. The number of hydrogen-bond acceptors (Lipinski definition) is 3. The lowest BCUT2D eigenvalue weighted by molar-refractivity contribution is 0.0929. The first-order valence-corrected chi connectivity index (χ1v) is 7.38. The predicted molar refractivity (Wildman–Crippen MR) is 80.7 cm³/mol. The summed E-state index contributed by atoms with van der Waals surface area (Å²) in [4.78, 5) is 2.51. The molecule has 1 saturated heterocycles. The molecule has 1 fully saturated rings. The van der Waals surface area contributed by atoms with Crippen molar-refractivity contribution in [1.29, 1.82) is 0 Å². The van der Waals surface area contributed by atoms with Crippen LogP contribution in [-0.4, -0.2) is 31.8 Å². The molecule has 106 valence electrons. The SMILES string of the molecule is CCC1COCCN1c1ccccc1CNC(C)C. The zero-order valence-corrected chi connectivity index (χ0v) is 12.4. The van der Waals surface area contributed by atoms with Gasteiger partial charge in [-0.15, -0.1) is 0 Å². The summed E-state index contributed by atoms with van der Waals surface area (Å²) in [6.07, 6.45) is 1.13. The standard InChI is InChI=1S/C16H26N2O/c1-4-15-12-19-10-9-18(15)16-8-6-5-7-14(16)11-17-13(2)3/h5-8,13,15,17H,4,9-12H2,1-3H3. The number of hydrogen-bond donors (Lipinski definition) is 1. The number of nitrogens with one attached hydrogen (secondary N) is 1. The van der Waals surface area contributed by atoms with Crippen LogP contribution in [0.2, 0.25) is 0 Å². The number of anilines is 1. The lowest BCUT2D eigenvalue weighted by Crippen LogP contribution is -2.45. The second-order valence-electron chi connectivity index (χ2n) is 5.49.